The number of nitrogens with one attached hydrogen (secondary N) is 1. The monoisotopic (exact) mass is 440 g/mol. The molecule has 33 heavy (non-hydrogen) atoms. The summed E-state index contributed by atoms with van der Waals surface area (Å²) in [6, 6.07) is 18.9. The van der Waals surface area contributed by atoms with E-state index in [1.165, 1.54) is 4.90 Å². The highest BCUT2D eigenvalue weighted by Crippen LogP contribution is 2.36. The molecule has 0 aliphatic carbocycles. The van der Waals surface area contributed by atoms with Gasteiger partial charge in [0.25, 0.3) is 11.8 Å². The molecule has 0 aromatic heterocycles. The molecule has 1 aliphatic heterocycles. The predicted octanol–water partition coefficient (Wildman–Crippen LogP) is 5.72. The standard InChI is InChI=1S/C28H28N2O3/c1-6-33-23-9-7-8-22(16-23)30-27(31)25(21-12-11-18(3)19(4)15-21)26(28(30)32)29-24-13-10-17(2)14-20(24)5/h7-16,29H,6H2,1-5H3. The summed E-state index contributed by atoms with van der Waals surface area (Å²) >= 11 is 0. The number of anilines is 2. The van der Waals surface area contributed by atoms with E-state index in [1.807, 2.05) is 77.1 Å². The summed E-state index contributed by atoms with van der Waals surface area (Å²) in [5.74, 6) is -0.134. The van der Waals surface area contributed by atoms with Crippen LogP contribution in [0, 0.1) is 27.7 Å². The minimum Gasteiger partial charge on any atom is -0.494 e. The number of carbonyl (C=O) groups excluding carboxylic acids is 2. The minimum absolute atomic E-state index is 0.275. The van der Waals surface area contributed by atoms with E-state index in [0.717, 1.165) is 27.9 Å². The first-order chi connectivity index (χ1) is 15.8. The summed E-state index contributed by atoms with van der Waals surface area (Å²) in [5.41, 5.74) is 6.94. The molecule has 0 radical (unpaired) electrons. The molecular weight excluding hydrogens is 412 g/mol. The van der Waals surface area contributed by atoms with Crippen molar-refractivity contribution in [2.24, 2.45) is 0 Å². The second-order valence-electron chi connectivity index (χ2n) is 8.37. The van der Waals surface area contributed by atoms with Gasteiger partial charge in [-0.15, -0.1) is 0 Å². The van der Waals surface area contributed by atoms with Crippen LogP contribution in [0.25, 0.3) is 5.57 Å². The molecule has 3 aromatic rings. The van der Waals surface area contributed by atoms with Crippen LogP contribution in [-0.4, -0.2) is 18.4 Å². The maximum Gasteiger partial charge on any atom is 0.282 e. The Balaban J connectivity index is 1.84. The van der Waals surface area contributed by atoms with Crippen molar-refractivity contribution in [1.82, 2.24) is 0 Å². The molecule has 1 heterocycles. The van der Waals surface area contributed by atoms with Gasteiger partial charge in [-0.05, 0) is 75.1 Å². The van der Waals surface area contributed by atoms with Crippen LogP contribution in [-0.2, 0) is 9.59 Å². The highest BCUT2D eigenvalue weighted by Gasteiger charge is 2.40. The molecule has 0 bridgehead atoms. The van der Waals surface area contributed by atoms with Crippen LogP contribution in [0.3, 0.4) is 0 Å². The third-order valence-electron chi connectivity index (χ3n) is 5.91. The molecule has 0 saturated heterocycles. The molecule has 0 spiro atoms. The van der Waals surface area contributed by atoms with Crippen molar-refractivity contribution in [2.45, 2.75) is 34.6 Å². The number of nitrogens with zero attached hydrogens (tertiary/aromatic N) is 1. The van der Waals surface area contributed by atoms with Crippen molar-refractivity contribution in [2.75, 3.05) is 16.8 Å². The van der Waals surface area contributed by atoms with Crippen LogP contribution >= 0.6 is 0 Å². The van der Waals surface area contributed by atoms with Crippen LogP contribution in [0.5, 0.6) is 5.75 Å². The lowest BCUT2D eigenvalue weighted by Gasteiger charge is -2.17. The third kappa shape index (κ3) is 4.27. The summed E-state index contributed by atoms with van der Waals surface area (Å²) < 4.78 is 5.59. The van der Waals surface area contributed by atoms with Gasteiger partial charge in [-0.1, -0.05) is 42.0 Å². The number of ether oxygens (including phenoxy) is 1. The van der Waals surface area contributed by atoms with Gasteiger partial charge >= 0.3 is 0 Å². The van der Waals surface area contributed by atoms with Crippen molar-refractivity contribution in [1.29, 1.82) is 0 Å². The molecule has 2 amide bonds. The molecule has 0 unspecified atom stereocenters. The number of rotatable bonds is 6. The topological polar surface area (TPSA) is 58.6 Å². The van der Waals surface area contributed by atoms with E-state index in [-0.39, 0.29) is 17.5 Å². The number of hydrogen-bond acceptors (Lipinski definition) is 4. The van der Waals surface area contributed by atoms with Crippen LogP contribution in [0.1, 0.15) is 34.7 Å². The average Bonchev–Trinajstić information content (AvgIpc) is 3.02. The molecule has 0 atom stereocenters. The fourth-order valence-electron chi connectivity index (χ4n) is 4.01. The average molecular weight is 441 g/mol. The predicted molar refractivity (Wildman–Crippen MR) is 132 cm³/mol. The second-order valence-corrected chi connectivity index (χ2v) is 8.37. The zero-order valence-corrected chi connectivity index (χ0v) is 19.7. The zero-order valence-electron chi connectivity index (χ0n) is 19.7. The van der Waals surface area contributed by atoms with E-state index in [9.17, 15) is 9.59 Å². The van der Waals surface area contributed by atoms with E-state index >= 15 is 0 Å². The van der Waals surface area contributed by atoms with Crippen molar-refractivity contribution in [3.8, 4) is 5.75 Å². The Morgan fingerprint density at radius 3 is 2.30 bits per heavy atom. The zero-order chi connectivity index (χ0) is 23.7. The molecule has 5 nitrogen and oxygen atoms in total. The maximum atomic E-state index is 13.7. The highest BCUT2D eigenvalue weighted by molar-refractivity contribution is 6.46. The number of carbonyl (C=O) groups is 2. The van der Waals surface area contributed by atoms with E-state index < -0.39 is 0 Å². The summed E-state index contributed by atoms with van der Waals surface area (Å²) in [6.07, 6.45) is 0. The van der Waals surface area contributed by atoms with Gasteiger partial charge in [-0.25, -0.2) is 4.90 Å². The molecular formula is C28H28N2O3. The minimum atomic E-state index is -0.387. The molecule has 0 saturated carbocycles. The van der Waals surface area contributed by atoms with Gasteiger partial charge in [0.1, 0.15) is 11.4 Å². The van der Waals surface area contributed by atoms with Crippen molar-refractivity contribution in [3.05, 3.63) is 94.2 Å². The Labute approximate surface area is 194 Å². The van der Waals surface area contributed by atoms with Gasteiger partial charge in [0, 0.05) is 11.8 Å². The number of hydrogen-bond donors (Lipinski definition) is 1. The van der Waals surface area contributed by atoms with E-state index in [1.54, 1.807) is 18.2 Å². The van der Waals surface area contributed by atoms with Gasteiger partial charge in [-0.3, -0.25) is 9.59 Å². The Hall–Kier alpha value is -3.86. The molecule has 1 aliphatic rings. The Morgan fingerprint density at radius 1 is 0.818 bits per heavy atom. The summed E-state index contributed by atoms with van der Waals surface area (Å²) in [5, 5.41) is 3.28. The number of amides is 2. The van der Waals surface area contributed by atoms with Gasteiger partial charge in [0.15, 0.2) is 0 Å². The van der Waals surface area contributed by atoms with Gasteiger partial charge in [-0.2, -0.15) is 0 Å². The fraction of sp³-hybridized carbons (Fsp3) is 0.214. The maximum absolute atomic E-state index is 13.7. The molecule has 0 fully saturated rings. The first-order valence-corrected chi connectivity index (χ1v) is 11.1. The Morgan fingerprint density at radius 2 is 1.61 bits per heavy atom. The quantitative estimate of drug-likeness (QED) is 0.499. The molecule has 5 heteroatoms. The summed E-state index contributed by atoms with van der Waals surface area (Å²) in [4.78, 5) is 28.6. The van der Waals surface area contributed by atoms with Gasteiger partial charge in [0.05, 0.1) is 17.9 Å². The van der Waals surface area contributed by atoms with E-state index in [2.05, 4.69) is 5.32 Å². The summed E-state index contributed by atoms with van der Waals surface area (Å²) in [7, 11) is 0. The lowest BCUT2D eigenvalue weighted by molar-refractivity contribution is -0.120. The summed E-state index contributed by atoms with van der Waals surface area (Å²) in [6.45, 7) is 10.4. The molecule has 3 aromatic carbocycles. The van der Waals surface area contributed by atoms with Gasteiger partial charge < -0.3 is 10.1 Å². The fourth-order valence-corrected chi connectivity index (χ4v) is 4.01. The number of aryl methyl sites for hydroxylation is 4. The first-order valence-electron chi connectivity index (χ1n) is 11.1. The van der Waals surface area contributed by atoms with Crippen LogP contribution in [0.15, 0.2) is 66.4 Å². The van der Waals surface area contributed by atoms with Crippen molar-refractivity contribution < 1.29 is 14.3 Å². The van der Waals surface area contributed by atoms with Crippen molar-refractivity contribution in [3.63, 3.8) is 0 Å². The normalized spacial score (nSPS) is 13.7. The second kappa shape index (κ2) is 8.94. The Kier molecular flexibility index (Phi) is 6.05. The molecule has 1 N–H and O–H groups in total. The van der Waals surface area contributed by atoms with E-state index in [0.29, 0.717) is 29.2 Å². The van der Waals surface area contributed by atoms with E-state index in [4.69, 9.17) is 4.74 Å². The van der Waals surface area contributed by atoms with Crippen LogP contribution in [0.2, 0.25) is 0 Å². The molecule has 4 rings (SSSR count). The van der Waals surface area contributed by atoms with Gasteiger partial charge in [0.2, 0.25) is 0 Å². The van der Waals surface area contributed by atoms with Crippen LogP contribution in [0.4, 0.5) is 11.4 Å². The SMILES string of the molecule is CCOc1cccc(N2C(=O)C(Nc3ccc(C)cc3C)=C(c3ccc(C)c(C)c3)C2=O)c1. The van der Waals surface area contributed by atoms with Crippen molar-refractivity contribution >= 4 is 28.8 Å². The third-order valence-corrected chi connectivity index (χ3v) is 5.91. The highest BCUT2D eigenvalue weighted by atomic mass is 16.5. The Bertz CT molecular complexity index is 1290. The lowest BCUT2D eigenvalue weighted by Crippen LogP contribution is -2.32. The van der Waals surface area contributed by atoms with Crippen LogP contribution < -0.4 is 15.0 Å². The smallest absolute Gasteiger partial charge is 0.282 e. The lowest BCUT2D eigenvalue weighted by atomic mass is 9.99. The molecule has 168 valence electrons. The number of imide groups is 1. The first kappa shape index (κ1) is 22.3. The largest absolute Gasteiger partial charge is 0.494 e. The number of benzene rings is 3.